The summed E-state index contributed by atoms with van der Waals surface area (Å²) in [6.45, 7) is 3.38. The number of carbonyl (C=O) groups is 1. The van der Waals surface area contributed by atoms with Gasteiger partial charge in [-0.3, -0.25) is 4.79 Å². The number of benzene rings is 1. The second kappa shape index (κ2) is 9.50. The van der Waals surface area contributed by atoms with Crippen molar-refractivity contribution in [2.45, 2.75) is 39.2 Å². The van der Waals surface area contributed by atoms with Gasteiger partial charge in [-0.1, -0.05) is 37.6 Å². The Kier molecular flexibility index (Phi) is 7.92. The molecule has 1 atom stereocenters. The Morgan fingerprint density at radius 1 is 1.30 bits per heavy atom. The van der Waals surface area contributed by atoms with Crippen LogP contribution in [0.1, 0.15) is 37.3 Å². The van der Waals surface area contributed by atoms with Gasteiger partial charge in [-0.25, -0.2) is 0 Å². The summed E-state index contributed by atoms with van der Waals surface area (Å²) in [6, 6.07) is 7.75. The highest BCUT2D eigenvalue weighted by Gasteiger charge is 2.11. The number of rotatable bonds is 9. The lowest BCUT2D eigenvalue weighted by atomic mass is 10.00. The van der Waals surface area contributed by atoms with Crippen LogP contribution in [0.25, 0.3) is 0 Å². The van der Waals surface area contributed by atoms with Gasteiger partial charge in [-0.15, -0.1) is 0 Å². The lowest BCUT2D eigenvalue weighted by Crippen LogP contribution is -2.31. The summed E-state index contributed by atoms with van der Waals surface area (Å²) in [6.07, 6.45) is 3.20. The Hall–Kier alpha value is -1.39. The molecule has 0 radical (unpaired) electrons. The summed E-state index contributed by atoms with van der Waals surface area (Å²) < 4.78 is 0. The molecule has 0 saturated heterocycles. The van der Waals surface area contributed by atoms with E-state index in [2.05, 4.69) is 12.2 Å². The molecular formula is C16H26N2O2. The van der Waals surface area contributed by atoms with Crippen LogP contribution in [-0.4, -0.2) is 24.2 Å². The van der Waals surface area contributed by atoms with Gasteiger partial charge >= 0.3 is 0 Å². The fraction of sp³-hybridized carbons (Fsp3) is 0.562. The number of hydrogen-bond donors (Lipinski definition) is 3. The second-order valence-electron chi connectivity index (χ2n) is 5.12. The fourth-order valence-corrected chi connectivity index (χ4v) is 2.36. The Morgan fingerprint density at radius 3 is 2.60 bits per heavy atom. The molecule has 0 heterocycles. The maximum Gasteiger partial charge on any atom is 0.224 e. The summed E-state index contributed by atoms with van der Waals surface area (Å²) in [5.41, 5.74) is 7.67. The van der Waals surface area contributed by atoms with Crippen LogP contribution in [0.3, 0.4) is 0 Å². The molecule has 4 heteroatoms. The van der Waals surface area contributed by atoms with Crippen molar-refractivity contribution in [2.24, 2.45) is 11.7 Å². The zero-order valence-electron chi connectivity index (χ0n) is 12.3. The van der Waals surface area contributed by atoms with E-state index < -0.39 is 0 Å². The van der Waals surface area contributed by atoms with E-state index in [4.69, 9.17) is 10.8 Å². The molecule has 1 aromatic rings. The predicted molar refractivity (Wildman–Crippen MR) is 81.1 cm³/mol. The van der Waals surface area contributed by atoms with E-state index in [1.54, 1.807) is 0 Å². The molecule has 0 aliphatic carbocycles. The Labute approximate surface area is 121 Å². The van der Waals surface area contributed by atoms with E-state index in [0.29, 0.717) is 25.4 Å². The van der Waals surface area contributed by atoms with Crippen molar-refractivity contribution in [3.63, 3.8) is 0 Å². The first kappa shape index (κ1) is 16.7. The van der Waals surface area contributed by atoms with Gasteiger partial charge in [-0.2, -0.15) is 0 Å². The number of amides is 1. The molecular weight excluding hydrogens is 252 g/mol. The highest BCUT2D eigenvalue weighted by molar-refractivity contribution is 5.78. The first-order valence-electron chi connectivity index (χ1n) is 7.35. The van der Waals surface area contributed by atoms with Gasteiger partial charge in [0.25, 0.3) is 0 Å². The van der Waals surface area contributed by atoms with Crippen molar-refractivity contribution in [3.05, 3.63) is 35.4 Å². The maximum absolute atomic E-state index is 12.0. The monoisotopic (exact) mass is 278 g/mol. The van der Waals surface area contributed by atoms with Crippen LogP contribution in [0, 0.1) is 5.92 Å². The van der Waals surface area contributed by atoms with Crippen LogP contribution in [0.5, 0.6) is 0 Å². The number of nitrogens with two attached hydrogens (primary N) is 1. The molecule has 0 aromatic heterocycles. The number of aliphatic hydroxyl groups excluding tert-OH is 1. The van der Waals surface area contributed by atoms with Crippen LogP contribution in [-0.2, 0) is 17.8 Å². The second-order valence-corrected chi connectivity index (χ2v) is 5.12. The molecule has 0 aliphatic rings. The molecule has 1 aromatic carbocycles. The molecule has 1 unspecified atom stereocenters. The summed E-state index contributed by atoms with van der Waals surface area (Å²) >= 11 is 0. The van der Waals surface area contributed by atoms with E-state index in [9.17, 15) is 4.79 Å². The summed E-state index contributed by atoms with van der Waals surface area (Å²) in [7, 11) is 0. The normalized spacial score (nSPS) is 12.2. The van der Waals surface area contributed by atoms with Gasteiger partial charge in [0.1, 0.15) is 0 Å². The molecule has 4 nitrogen and oxygen atoms in total. The van der Waals surface area contributed by atoms with E-state index in [-0.39, 0.29) is 12.5 Å². The maximum atomic E-state index is 12.0. The number of nitrogens with one attached hydrogen (secondary N) is 1. The summed E-state index contributed by atoms with van der Waals surface area (Å²) in [5, 5.41) is 12.0. The third-order valence-electron chi connectivity index (χ3n) is 3.51. The van der Waals surface area contributed by atoms with Crippen molar-refractivity contribution in [3.8, 4) is 0 Å². The molecule has 0 spiro atoms. The standard InChI is InChI=1S/C16H26N2O2/c1-2-5-13(8-9-19)12-18-16(20)10-14-6-3-4-7-15(14)11-17/h3-4,6-7,13,19H,2,5,8-12,17H2,1H3,(H,18,20). The van der Waals surface area contributed by atoms with Gasteiger partial charge in [0.2, 0.25) is 5.91 Å². The van der Waals surface area contributed by atoms with E-state index in [1.165, 1.54) is 0 Å². The van der Waals surface area contributed by atoms with E-state index in [1.807, 2.05) is 24.3 Å². The lowest BCUT2D eigenvalue weighted by Gasteiger charge is -2.16. The SMILES string of the molecule is CCCC(CCO)CNC(=O)Cc1ccccc1CN. The Bertz CT molecular complexity index is 401. The molecule has 20 heavy (non-hydrogen) atoms. The molecule has 1 amide bonds. The zero-order valence-corrected chi connectivity index (χ0v) is 12.3. The van der Waals surface area contributed by atoms with E-state index in [0.717, 1.165) is 30.4 Å². The van der Waals surface area contributed by atoms with Crippen molar-refractivity contribution < 1.29 is 9.90 Å². The molecule has 0 aliphatic heterocycles. The average molecular weight is 278 g/mol. The smallest absolute Gasteiger partial charge is 0.224 e. The van der Waals surface area contributed by atoms with Crippen molar-refractivity contribution >= 4 is 5.91 Å². The third kappa shape index (κ3) is 5.72. The molecule has 1 rings (SSSR count). The van der Waals surface area contributed by atoms with Crippen molar-refractivity contribution in [1.82, 2.24) is 5.32 Å². The first-order chi connectivity index (χ1) is 9.71. The fourth-order valence-electron chi connectivity index (χ4n) is 2.36. The van der Waals surface area contributed by atoms with Crippen molar-refractivity contribution in [2.75, 3.05) is 13.2 Å². The van der Waals surface area contributed by atoms with Gasteiger partial charge in [-0.05, 0) is 29.9 Å². The summed E-state index contributed by atoms with van der Waals surface area (Å²) in [5.74, 6) is 0.378. The number of aliphatic hydroxyl groups is 1. The van der Waals surface area contributed by atoms with Crippen LogP contribution in [0.2, 0.25) is 0 Å². The van der Waals surface area contributed by atoms with Gasteiger partial charge in [0.15, 0.2) is 0 Å². The summed E-state index contributed by atoms with van der Waals surface area (Å²) in [4.78, 5) is 12.0. The van der Waals surface area contributed by atoms with Gasteiger partial charge in [0.05, 0.1) is 6.42 Å². The quantitative estimate of drug-likeness (QED) is 0.642. The van der Waals surface area contributed by atoms with Gasteiger partial charge in [0, 0.05) is 19.7 Å². The van der Waals surface area contributed by atoms with Crippen molar-refractivity contribution in [1.29, 1.82) is 0 Å². The molecule has 4 N–H and O–H groups in total. The highest BCUT2D eigenvalue weighted by Crippen LogP contribution is 2.11. The lowest BCUT2D eigenvalue weighted by molar-refractivity contribution is -0.120. The topological polar surface area (TPSA) is 75.3 Å². The number of hydrogen-bond acceptors (Lipinski definition) is 3. The molecule has 0 bridgehead atoms. The molecule has 0 saturated carbocycles. The van der Waals surface area contributed by atoms with Crippen LogP contribution in [0.4, 0.5) is 0 Å². The minimum absolute atomic E-state index is 0.0185. The predicted octanol–water partition coefficient (Wildman–Crippen LogP) is 1.60. The first-order valence-corrected chi connectivity index (χ1v) is 7.35. The Morgan fingerprint density at radius 2 is 2.00 bits per heavy atom. The zero-order chi connectivity index (χ0) is 14.8. The van der Waals surface area contributed by atoms with Gasteiger partial charge < -0.3 is 16.2 Å². The highest BCUT2D eigenvalue weighted by atomic mass is 16.3. The Balaban J connectivity index is 2.46. The van der Waals surface area contributed by atoms with Crippen LogP contribution < -0.4 is 11.1 Å². The van der Waals surface area contributed by atoms with Crippen LogP contribution >= 0.6 is 0 Å². The molecule has 0 fully saturated rings. The minimum Gasteiger partial charge on any atom is -0.396 e. The van der Waals surface area contributed by atoms with E-state index >= 15 is 0 Å². The number of carbonyl (C=O) groups excluding carboxylic acids is 1. The largest absolute Gasteiger partial charge is 0.396 e. The average Bonchev–Trinajstić information content (AvgIpc) is 2.46. The molecule has 112 valence electrons. The van der Waals surface area contributed by atoms with Crippen LogP contribution in [0.15, 0.2) is 24.3 Å². The minimum atomic E-state index is 0.0185. The third-order valence-corrected chi connectivity index (χ3v) is 3.51.